The standard InChI is InChI=1S/C17H19NO2S/c1-2-18-17-15-11-7-6-8-13(15)12-16(17)21(19,20)14-9-4-3-5-10-14/h3-11,16-18H,2,12H2,1H3. The lowest BCUT2D eigenvalue weighted by atomic mass is 10.1. The van der Waals surface area contributed by atoms with Crippen LogP contribution >= 0.6 is 0 Å². The second-order valence-corrected chi connectivity index (χ2v) is 7.50. The van der Waals surface area contributed by atoms with Gasteiger partial charge in [-0.15, -0.1) is 0 Å². The quantitative estimate of drug-likeness (QED) is 0.944. The predicted octanol–water partition coefficient (Wildman–Crippen LogP) is 2.74. The maximum absolute atomic E-state index is 12.9. The Hall–Kier alpha value is -1.65. The normalized spacial score (nSPS) is 21.2. The Kier molecular flexibility index (Phi) is 3.83. The number of hydrogen-bond donors (Lipinski definition) is 1. The van der Waals surface area contributed by atoms with E-state index in [0.29, 0.717) is 11.3 Å². The van der Waals surface area contributed by atoms with Crippen molar-refractivity contribution < 1.29 is 8.42 Å². The van der Waals surface area contributed by atoms with Crippen LogP contribution in [0.2, 0.25) is 0 Å². The Morgan fingerprint density at radius 2 is 1.71 bits per heavy atom. The lowest BCUT2D eigenvalue weighted by Crippen LogP contribution is -2.34. The Labute approximate surface area is 125 Å². The summed E-state index contributed by atoms with van der Waals surface area (Å²) in [7, 11) is -3.34. The zero-order chi connectivity index (χ0) is 14.9. The lowest BCUT2D eigenvalue weighted by molar-refractivity contribution is 0.517. The van der Waals surface area contributed by atoms with Gasteiger partial charge in [0, 0.05) is 6.04 Å². The molecule has 0 radical (unpaired) electrons. The van der Waals surface area contributed by atoms with Crippen molar-refractivity contribution in [3.8, 4) is 0 Å². The highest BCUT2D eigenvalue weighted by Gasteiger charge is 2.40. The van der Waals surface area contributed by atoms with Gasteiger partial charge in [0.1, 0.15) is 0 Å². The minimum atomic E-state index is -3.34. The minimum Gasteiger partial charge on any atom is -0.309 e. The minimum absolute atomic E-state index is 0.128. The molecule has 0 aromatic heterocycles. The van der Waals surface area contributed by atoms with Crippen molar-refractivity contribution in [2.45, 2.75) is 29.5 Å². The summed E-state index contributed by atoms with van der Waals surface area (Å²) in [5, 5.41) is 2.91. The zero-order valence-corrected chi connectivity index (χ0v) is 12.8. The molecule has 1 aliphatic carbocycles. The largest absolute Gasteiger partial charge is 0.309 e. The van der Waals surface area contributed by atoms with Gasteiger partial charge < -0.3 is 5.32 Å². The van der Waals surface area contributed by atoms with Crippen molar-refractivity contribution in [1.82, 2.24) is 5.32 Å². The van der Waals surface area contributed by atoms with E-state index in [4.69, 9.17) is 0 Å². The molecule has 4 heteroatoms. The number of fused-ring (bicyclic) bond motifs is 1. The van der Waals surface area contributed by atoms with Crippen LogP contribution in [0.15, 0.2) is 59.5 Å². The van der Waals surface area contributed by atoms with Gasteiger partial charge >= 0.3 is 0 Å². The maximum Gasteiger partial charge on any atom is 0.183 e. The number of benzene rings is 2. The second-order valence-electron chi connectivity index (χ2n) is 5.33. The average molecular weight is 301 g/mol. The van der Waals surface area contributed by atoms with Gasteiger partial charge in [0.2, 0.25) is 0 Å². The predicted molar refractivity (Wildman–Crippen MR) is 84.0 cm³/mol. The first kappa shape index (κ1) is 14.3. The first-order chi connectivity index (χ1) is 10.1. The van der Waals surface area contributed by atoms with Crippen LogP contribution in [-0.2, 0) is 16.3 Å². The Bertz CT molecular complexity index is 725. The van der Waals surface area contributed by atoms with Gasteiger partial charge in [-0.1, -0.05) is 49.4 Å². The highest BCUT2D eigenvalue weighted by molar-refractivity contribution is 7.92. The van der Waals surface area contributed by atoms with Crippen LogP contribution in [0.25, 0.3) is 0 Å². The van der Waals surface area contributed by atoms with Crippen LogP contribution in [0.5, 0.6) is 0 Å². The van der Waals surface area contributed by atoms with Crippen molar-refractivity contribution in [3.05, 3.63) is 65.7 Å². The molecule has 0 aliphatic heterocycles. The highest BCUT2D eigenvalue weighted by Crippen LogP contribution is 2.37. The maximum atomic E-state index is 12.9. The molecular weight excluding hydrogens is 282 g/mol. The molecule has 0 bridgehead atoms. The fourth-order valence-corrected chi connectivity index (χ4v) is 4.98. The molecule has 0 saturated carbocycles. The topological polar surface area (TPSA) is 46.2 Å². The molecule has 2 aromatic carbocycles. The van der Waals surface area contributed by atoms with Gasteiger partial charge in [0.05, 0.1) is 10.1 Å². The average Bonchev–Trinajstić information content (AvgIpc) is 2.88. The molecule has 2 unspecified atom stereocenters. The van der Waals surface area contributed by atoms with E-state index in [0.717, 1.165) is 17.7 Å². The molecule has 1 aliphatic rings. The smallest absolute Gasteiger partial charge is 0.183 e. The summed E-state index contributed by atoms with van der Waals surface area (Å²) in [6.45, 7) is 2.76. The first-order valence-electron chi connectivity index (χ1n) is 7.24. The van der Waals surface area contributed by atoms with Gasteiger partial charge in [-0.05, 0) is 36.2 Å². The second kappa shape index (κ2) is 5.62. The molecule has 0 spiro atoms. The van der Waals surface area contributed by atoms with E-state index in [1.54, 1.807) is 24.3 Å². The third-order valence-electron chi connectivity index (χ3n) is 4.08. The van der Waals surface area contributed by atoms with Gasteiger partial charge in [-0.25, -0.2) is 8.42 Å². The Morgan fingerprint density at radius 3 is 2.43 bits per heavy atom. The molecule has 2 atom stereocenters. The molecule has 0 heterocycles. The molecule has 3 rings (SSSR count). The zero-order valence-electron chi connectivity index (χ0n) is 12.0. The summed E-state index contributed by atoms with van der Waals surface area (Å²) in [5.41, 5.74) is 2.25. The third kappa shape index (κ3) is 2.49. The van der Waals surface area contributed by atoms with E-state index in [1.165, 1.54) is 0 Å². The number of hydrogen-bond acceptors (Lipinski definition) is 3. The van der Waals surface area contributed by atoms with Crippen molar-refractivity contribution in [2.75, 3.05) is 6.54 Å². The van der Waals surface area contributed by atoms with Gasteiger partial charge in [0.25, 0.3) is 0 Å². The molecule has 0 amide bonds. The summed E-state index contributed by atoms with van der Waals surface area (Å²) in [6.07, 6.45) is 0.574. The van der Waals surface area contributed by atoms with E-state index in [-0.39, 0.29) is 6.04 Å². The highest BCUT2D eigenvalue weighted by atomic mass is 32.2. The van der Waals surface area contributed by atoms with Crippen LogP contribution in [0, 0.1) is 0 Å². The Morgan fingerprint density at radius 1 is 1.05 bits per heavy atom. The Balaban J connectivity index is 2.03. The van der Waals surface area contributed by atoms with E-state index >= 15 is 0 Å². The summed E-state index contributed by atoms with van der Waals surface area (Å²) in [5.74, 6) is 0. The van der Waals surface area contributed by atoms with E-state index in [1.807, 2.05) is 37.3 Å². The van der Waals surface area contributed by atoms with E-state index in [9.17, 15) is 8.42 Å². The molecule has 21 heavy (non-hydrogen) atoms. The SMILES string of the molecule is CCNC1c2ccccc2CC1S(=O)(=O)c1ccccc1. The van der Waals surface area contributed by atoms with E-state index < -0.39 is 15.1 Å². The fraction of sp³-hybridized carbons (Fsp3) is 0.294. The fourth-order valence-electron chi connectivity index (χ4n) is 3.09. The van der Waals surface area contributed by atoms with E-state index in [2.05, 4.69) is 5.32 Å². The van der Waals surface area contributed by atoms with Crippen LogP contribution in [-0.4, -0.2) is 20.2 Å². The van der Waals surface area contributed by atoms with Gasteiger partial charge in [0.15, 0.2) is 9.84 Å². The van der Waals surface area contributed by atoms with Crippen molar-refractivity contribution >= 4 is 9.84 Å². The number of rotatable bonds is 4. The molecule has 110 valence electrons. The van der Waals surface area contributed by atoms with Crippen LogP contribution < -0.4 is 5.32 Å². The number of sulfone groups is 1. The molecular formula is C17H19NO2S. The monoisotopic (exact) mass is 301 g/mol. The lowest BCUT2D eigenvalue weighted by Gasteiger charge is -2.21. The van der Waals surface area contributed by atoms with Crippen molar-refractivity contribution in [2.24, 2.45) is 0 Å². The molecule has 3 nitrogen and oxygen atoms in total. The molecule has 0 fully saturated rings. The van der Waals surface area contributed by atoms with Crippen LogP contribution in [0.4, 0.5) is 0 Å². The van der Waals surface area contributed by atoms with Crippen LogP contribution in [0.3, 0.4) is 0 Å². The molecule has 1 N–H and O–H groups in total. The van der Waals surface area contributed by atoms with Crippen molar-refractivity contribution in [3.63, 3.8) is 0 Å². The third-order valence-corrected chi connectivity index (χ3v) is 6.24. The molecule has 2 aromatic rings. The van der Waals surface area contributed by atoms with Gasteiger partial charge in [-0.3, -0.25) is 0 Å². The first-order valence-corrected chi connectivity index (χ1v) is 8.79. The summed E-state index contributed by atoms with van der Waals surface area (Å²) < 4.78 is 25.9. The molecule has 0 saturated heterocycles. The summed E-state index contributed by atoms with van der Waals surface area (Å²) in [4.78, 5) is 0.408. The van der Waals surface area contributed by atoms with Crippen molar-refractivity contribution in [1.29, 1.82) is 0 Å². The number of nitrogens with one attached hydrogen (secondary N) is 1. The summed E-state index contributed by atoms with van der Waals surface area (Å²) in [6, 6.07) is 16.6. The van der Waals surface area contributed by atoms with Gasteiger partial charge in [-0.2, -0.15) is 0 Å². The summed E-state index contributed by atoms with van der Waals surface area (Å²) >= 11 is 0. The van der Waals surface area contributed by atoms with Crippen LogP contribution in [0.1, 0.15) is 24.1 Å².